The van der Waals surface area contributed by atoms with Crippen LogP contribution in [0.2, 0.25) is 0 Å². The summed E-state index contributed by atoms with van der Waals surface area (Å²) in [5.41, 5.74) is 8.98. The Labute approximate surface area is 209 Å². The molecule has 4 N–H and O–H groups in total. The molecule has 0 saturated heterocycles. The maximum absolute atomic E-state index is 12.3. The standard InChI is InChI=1S/C28H41N3O4/c1-30-28(29)31-23-12-9-11-21(18-23)10-7-5-4-6-8-13-24(32)20-25(33)16-14-22-15-17-26(34-2)27(19-22)35-3/h9,11-12,15,17-19,24,32H,4-8,10,13-14,16,20H2,1-3H3,(H3,29,30,31)/t24-/m0/s1. The third kappa shape index (κ3) is 10.8. The van der Waals surface area contributed by atoms with Crippen molar-refractivity contribution in [3.63, 3.8) is 0 Å². The number of aliphatic hydroxyl groups excluding tert-OH is 1. The highest BCUT2D eigenvalue weighted by atomic mass is 16.5. The Morgan fingerprint density at radius 1 is 0.971 bits per heavy atom. The molecule has 2 aromatic carbocycles. The van der Waals surface area contributed by atoms with Gasteiger partial charge in [-0.2, -0.15) is 0 Å². The van der Waals surface area contributed by atoms with E-state index in [1.165, 1.54) is 5.56 Å². The lowest BCUT2D eigenvalue weighted by Crippen LogP contribution is -2.21. The Hall–Kier alpha value is -3.06. The van der Waals surface area contributed by atoms with Crippen LogP contribution in [-0.2, 0) is 17.6 Å². The van der Waals surface area contributed by atoms with Gasteiger partial charge in [0.15, 0.2) is 17.5 Å². The van der Waals surface area contributed by atoms with Gasteiger partial charge in [0.2, 0.25) is 0 Å². The normalized spacial score (nSPS) is 12.3. The van der Waals surface area contributed by atoms with Crippen molar-refractivity contribution in [2.75, 3.05) is 26.6 Å². The minimum absolute atomic E-state index is 0.0935. The summed E-state index contributed by atoms with van der Waals surface area (Å²) in [5, 5.41) is 13.3. The summed E-state index contributed by atoms with van der Waals surface area (Å²) < 4.78 is 10.6. The van der Waals surface area contributed by atoms with E-state index in [0.717, 1.165) is 49.8 Å². The summed E-state index contributed by atoms with van der Waals surface area (Å²) in [6.45, 7) is 0. The predicted molar refractivity (Wildman–Crippen MR) is 143 cm³/mol. The molecule has 2 aromatic rings. The lowest BCUT2D eigenvalue weighted by atomic mass is 10.00. The summed E-state index contributed by atoms with van der Waals surface area (Å²) in [4.78, 5) is 16.2. The van der Waals surface area contributed by atoms with Crippen molar-refractivity contribution >= 4 is 17.4 Å². The van der Waals surface area contributed by atoms with Crippen LogP contribution in [0.25, 0.3) is 0 Å². The van der Waals surface area contributed by atoms with Gasteiger partial charge >= 0.3 is 0 Å². The molecule has 0 saturated carbocycles. The van der Waals surface area contributed by atoms with Crippen LogP contribution in [0.4, 0.5) is 5.69 Å². The highest BCUT2D eigenvalue weighted by Crippen LogP contribution is 2.28. The van der Waals surface area contributed by atoms with Gasteiger partial charge in [0.05, 0.1) is 20.3 Å². The van der Waals surface area contributed by atoms with Crippen molar-refractivity contribution in [3.05, 3.63) is 53.6 Å². The minimum atomic E-state index is -0.553. The number of unbranched alkanes of at least 4 members (excludes halogenated alkanes) is 4. The monoisotopic (exact) mass is 483 g/mol. The van der Waals surface area contributed by atoms with Crippen LogP contribution in [0.5, 0.6) is 11.5 Å². The molecule has 0 bridgehead atoms. The zero-order valence-electron chi connectivity index (χ0n) is 21.4. The van der Waals surface area contributed by atoms with Crippen molar-refractivity contribution in [3.8, 4) is 11.5 Å². The number of guanidine groups is 1. The molecule has 192 valence electrons. The van der Waals surface area contributed by atoms with E-state index >= 15 is 0 Å². The highest BCUT2D eigenvalue weighted by Gasteiger charge is 2.12. The number of hydrogen-bond acceptors (Lipinski definition) is 5. The fourth-order valence-corrected chi connectivity index (χ4v) is 4.03. The zero-order chi connectivity index (χ0) is 25.5. The number of aryl methyl sites for hydroxylation is 2. The number of aliphatic hydroxyl groups is 1. The number of carbonyl (C=O) groups excluding carboxylic acids is 1. The number of ether oxygens (including phenoxy) is 2. The average molecular weight is 484 g/mol. The quantitative estimate of drug-likeness (QED) is 0.178. The Bertz CT molecular complexity index is 946. The molecule has 7 heteroatoms. The van der Waals surface area contributed by atoms with Gasteiger partial charge in [-0.05, 0) is 61.1 Å². The first-order chi connectivity index (χ1) is 16.9. The van der Waals surface area contributed by atoms with Gasteiger partial charge in [-0.1, -0.05) is 43.9 Å². The molecule has 0 aliphatic heterocycles. The van der Waals surface area contributed by atoms with Gasteiger partial charge in [0.25, 0.3) is 0 Å². The summed E-state index contributed by atoms with van der Waals surface area (Å²) in [6, 6.07) is 13.9. The smallest absolute Gasteiger partial charge is 0.192 e. The molecule has 0 amide bonds. The maximum Gasteiger partial charge on any atom is 0.192 e. The number of anilines is 1. The maximum atomic E-state index is 12.3. The molecular weight excluding hydrogens is 442 g/mol. The number of ketones is 1. The number of methoxy groups -OCH3 is 2. The third-order valence-electron chi connectivity index (χ3n) is 6.05. The zero-order valence-corrected chi connectivity index (χ0v) is 21.4. The van der Waals surface area contributed by atoms with Crippen LogP contribution in [0.15, 0.2) is 47.5 Å². The van der Waals surface area contributed by atoms with Crippen LogP contribution in [0.1, 0.15) is 62.5 Å². The fraction of sp³-hybridized carbons (Fsp3) is 0.500. The number of Topliss-reactive ketones (excluding diaryl/α,β-unsaturated/α-hetero) is 1. The van der Waals surface area contributed by atoms with E-state index < -0.39 is 6.10 Å². The van der Waals surface area contributed by atoms with Crippen LogP contribution < -0.4 is 20.5 Å². The molecule has 0 aliphatic carbocycles. The van der Waals surface area contributed by atoms with Gasteiger partial charge in [-0.3, -0.25) is 9.79 Å². The third-order valence-corrected chi connectivity index (χ3v) is 6.05. The lowest BCUT2D eigenvalue weighted by Gasteiger charge is -2.11. The van der Waals surface area contributed by atoms with Gasteiger partial charge in [-0.15, -0.1) is 0 Å². The Kier molecular flexibility index (Phi) is 12.7. The van der Waals surface area contributed by atoms with E-state index in [0.29, 0.717) is 36.7 Å². The molecule has 0 fully saturated rings. The molecule has 0 aliphatic rings. The van der Waals surface area contributed by atoms with E-state index in [1.807, 2.05) is 30.3 Å². The fourth-order valence-electron chi connectivity index (χ4n) is 4.03. The first-order valence-electron chi connectivity index (χ1n) is 12.4. The van der Waals surface area contributed by atoms with Crippen LogP contribution in [0, 0.1) is 0 Å². The second-order valence-electron chi connectivity index (χ2n) is 8.83. The number of hydrogen-bond donors (Lipinski definition) is 3. The Morgan fingerprint density at radius 2 is 1.69 bits per heavy atom. The van der Waals surface area contributed by atoms with Gasteiger partial charge in [-0.25, -0.2) is 0 Å². The minimum Gasteiger partial charge on any atom is -0.493 e. The summed E-state index contributed by atoms with van der Waals surface area (Å²) in [5.74, 6) is 1.84. The summed E-state index contributed by atoms with van der Waals surface area (Å²) in [7, 11) is 4.86. The second kappa shape index (κ2) is 15.8. The molecule has 35 heavy (non-hydrogen) atoms. The van der Waals surface area contributed by atoms with Crippen molar-refractivity contribution < 1.29 is 19.4 Å². The molecule has 0 radical (unpaired) electrons. The van der Waals surface area contributed by atoms with E-state index in [9.17, 15) is 9.90 Å². The number of benzene rings is 2. The number of aliphatic imine (C=N–C) groups is 1. The van der Waals surface area contributed by atoms with Crippen molar-refractivity contribution in [1.29, 1.82) is 0 Å². The lowest BCUT2D eigenvalue weighted by molar-refractivity contribution is -0.121. The number of nitrogens with one attached hydrogen (secondary N) is 1. The molecule has 0 unspecified atom stereocenters. The topological polar surface area (TPSA) is 106 Å². The Morgan fingerprint density at radius 3 is 2.43 bits per heavy atom. The Balaban J connectivity index is 1.56. The van der Waals surface area contributed by atoms with Gasteiger partial charge in [0.1, 0.15) is 5.78 Å². The molecule has 1 atom stereocenters. The van der Waals surface area contributed by atoms with Crippen molar-refractivity contribution in [2.24, 2.45) is 10.7 Å². The first-order valence-corrected chi connectivity index (χ1v) is 12.4. The van der Waals surface area contributed by atoms with Crippen LogP contribution in [0.3, 0.4) is 0 Å². The summed E-state index contributed by atoms with van der Waals surface area (Å²) in [6.07, 6.45) is 7.84. The largest absolute Gasteiger partial charge is 0.493 e. The number of nitrogens with two attached hydrogens (primary N) is 1. The van der Waals surface area contributed by atoms with E-state index in [-0.39, 0.29) is 12.2 Å². The number of nitrogens with zero attached hydrogens (tertiary/aromatic N) is 1. The molecule has 7 nitrogen and oxygen atoms in total. The van der Waals surface area contributed by atoms with E-state index in [4.69, 9.17) is 15.2 Å². The summed E-state index contributed by atoms with van der Waals surface area (Å²) >= 11 is 0. The van der Waals surface area contributed by atoms with Gasteiger partial charge in [0, 0.05) is 25.6 Å². The van der Waals surface area contributed by atoms with Gasteiger partial charge < -0.3 is 25.6 Å². The van der Waals surface area contributed by atoms with Crippen molar-refractivity contribution in [1.82, 2.24) is 0 Å². The highest BCUT2D eigenvalue weighted by molar-refractivity contribution is 5.92. The molecular formula is C28H41N3O4. The second-order valence-corrected chi connectivity index (χ2v) is 8.83. The molecule has 2 rings (SSSR count). The van der Waals surface area contributed by atoms with E-state index in [1.54, 1.807) is 21.3 Å². The average Bonchev–Trinajstić information content (AvgIpc) is 2.86. The molecule has 0 aromatic heterocycles. The van der Waals surface area contributed by atoms with Crippen LogP contribution >= 0.6 is 0 Å². The molecule has 0 spiro atoms. The number of rotatable bonds is 16. The number of carbonyl (C=O) groups is 1. The molecule has 0 heterocycles. The SMILES string of the molecule is CN=C(N)Nc1cccc(CCCCCCC[C@H](O)CC(=O)CCc2ccc(OC)c(OC)c2)c1. The first kappa shape index (κ1) is 28.2. The van der Waals surface area contributed by atoms with Crippen molar-refractivity contribution in [2.45, 2.75) is 70.3 Å². The van der Waals surface area contributed by atoms with E-state index in [2.05, 4.69) is 22.4 Å². The predicted octanol–water partition coefficient (Wildman–Crippen LogP) is 4.90. The van der Waals surface area contributed by atoms with Crippen LogP contribution in [-0.4, -0.2) is 44.2 Å².